The molecule has 4 heteroatoms. The fourth-order valence-corrected chi connectivity index (χ4v) is 2.79. The summed E-state index contributed by atoms with van der Waals surface area (Å²) in [6, 6.07) is 10.2. The number of benzene rings is 1. The Hall–Kier alpha value is -1.39. The molecule has 1 aliphatic rings. The fourth-order valence-electron chi connectivity index (χ4n) is 2.79. The van der Waals surface area contributed by atoms with Crippen molar-refractivity contribution in [3.63, 3.8) is 0 Å². The largest absolute Gasteiger partial charge is 0.462 e. The van der Waals surface area contributed by atoms with Crippen molar-refractivity contribution >= 4 is 5.97 Å². The van der Waals surface area contributed by atoms with Crippen molar-refractivity contribution in [1.29, 1.82) is 0 Å². The number of nitrogens with zero attached hydrogens (tertiary/aromatic N) is 1. The average molecular weight is 305 g/mol. The van der Waals surface area contributed by atoms with Crippen molar-refractivity contribution < 1.29 is 14.3 Å². The van der Waals surface area contributed by atoms with Crippen LogP contribution in [-0.4, -0.2) is 42.8 Å². The van der Waals surface area contributed by atoms with Gasteiger partial charge in [0.2, 0.25) is 0 Å². The molecule has 0 saturated carbocycles. The number of carbonyl (C=O) groups excluding carboxylic acids is 1. The lowest BCUT2D eigenvalue weighted by Crippen LogP contribution is -2.45. The molecule has 1 atom stereocenters. The number of piperidine rings is 1. The SMILES string of the molecule is CC(C)OCCOC(=O)C1CCCCN1Cc1ccccc1. The molecule has 1 aromatic carbocycles. The average Bonchev–Trinajstić information content (AvgIpc) is 2.53. The van der Waals surface area contributed by atoms with Crippen LogP contribution in [0.15, 0.2) is 30.3 Å². The monoisotopic (exact) mass is 305 g/mol. The van der Waals surface area contributed by atoms with Crippen LogP contribution in [0.4, 0.5) is 0 Å². The van der Waals surface area contributed by atoms with Crippen molar-refractivity contribution in [1.82, 2.24) is 4.90 Å². The van der Waals surface area contributed by atoms with Crippen LogP contribution in [0.1, 0.15) is 38.7 Å². The highest BCUT2D eigenvalue weighted by atomic mass is 16.6. The minimum atomic E-state index is -0.118. The predicted molar refractivity (Wildman–Crippen MR) is 86.5 cm³/mol. The fraction of sp³-hybridized carbons (Fsp3) is 0.611. The first-order valence-corrected chi connectivity index (χ1v) is 8.23. The van der Waals surface area contributed by atoms with E-state index in [9.17, 15) is 4.79 Å². The van der Waals surface area contributed by atoms with E-state index >= 15 is 0 Å². The molecule has 22 heavy (non-hydrogen) atoms. The summed E-state index contributed by atoms with van der Waals surface area (Å²) in [5, 5.41) is 0. The third-order valence-corrected chi connectivity index (χ3v) is 3.89. The van der Waals surface area contributed by atoms with Gasteiger partial charge in [-0.3, -0.25) is 9.69 Å². The Kier molecular flexibility index (Phi) is 6.87. The van der Waals surface area contributed by atoms with Gasteiger partial charge in [-0.1, -0.05) is 36.8 Å². The quantitative estimate of drug-likeness (QED) is 0.573. The lowest BCUT2D eigenvalue weighted by atomic mass is 10.0. The highest BCUT2D eigenvalue weighted by Gasteiger charge is 2.29. The number of rotatable bonds is 7. The number of ether oxygens (including phenoxy) is 2. The van der Waals surface area contributed by atoms with E-state index in [4.69, 9.17) is 9.47 Å². The first kappa shape index (κ1) is 17.0. The summed E-state index contributed by atoms with van der Waals surface area (Å²) in [5.74, 6) is -0.108. The van der Waals surface area contributed by atoms with E-state index in [0.717, 1.165) is 32.4 Å². The summed E-state index contributed by atoms with van der Waals surface area (Å²) >= 11 is 0. The zero-order valence-corrected chi connectivity index (χ0v) is 13.7. The molecule has 0 spiro atoms. The minimum Gasteiger partial charge on any atom is -0.462 e. The predicted octanol–water partition coefficient (Wildman–Crippen LogP) is 3.01. The van der Waals surface area contributed by atoms with Gasteiger partial charge < -0.3 is 9.47 Å². The maximum Gasteiger partial charge on any atom is 0.323 e. The van der Waals surface area contributed by atoms with Gasteiger partial charge in [0.15, 0.2) is 0 Å². The van der Waals surface area contributed by atoms with Crippen LogP contribution < -0.4 is 0 Å². The number of hydrogen-bond donors (Lipinski definition) is 0. The van der Waals surface area contributed by atoms with Gasteiger partial charge >= 0.3 is 5.97 Å². The summed E-state index contributed by atoms with van der Waals surface area (Å²) in [6.07, 6.45) is 3.29. The first-order chi connectivity index (χ1) is 10.7. The molecule has 1 aromatic rings. The van der Waals surface area contributed by atoms with Crippen LogP contribution >= 0.6 is 0 Å². The Morgan fingerprint density at radius 2 is 2.00 bits per heavy atom. The van der Waals surface area contributed by atoms with Gasteiger partial charge in [0.05, 0.1) is 12.7 Å². The summed E-state index contributed by atoms with van der Waals surface area (Å²) in [6.45, 7) is 6.52. The topological polar surface area (TPSA) is 38.8 Å². The highest BCUT2D eigenvalue weighted by Crippen LogP contribution is 2.20. The molecule has 0 bridgehead atoms. The van der Waals surface area contributed by atoms with E-state index in [1.165, 1.54) is 5.56 Å². The smallest absolute Gasteiger partial charge is 0.323 e. The molecule has 0 amide bonds. The minimum absolute atomic E-state index is 0.108. The molecule has 1 fully saturated rings. The van der Waals surface area contributed by atoms with Crippen LogP contribution in [0.3, 0.4) is 0 Å². The van der Waals surface area contributed by atoms with Crippen molar-refractivity contribution in [2.24, 2.45) is 0 Å². The van der Waals surface area contributed by atoms with Crippen molar-refractivity contribution in [2.75, 3.05) is 19.8 Å². The molecule has 122 valence electrons. The van der Waals surface area contributed by atoms with Gasteiger partial charge in [0, 0.05) is 6.54 Å². The van der Waals surface area contributed by atoms with E-state index in [1.807, 2.05) is 32.0 Å². The van der Waals surface area contributed by atoms with Gasteiger partial charge in [-0.25, -0.2) is 0 Å². The zero-order chi connectivity index (χ0) is 15.8. The van der Waals surface area contributed by atoms with Crippen LogP contribution in [-0.2, 0) is 20.8 Å². The van der Waals surface area contributed by atoms with Crippen LogP contribution in [0.5, 0.6) is 0 Å². The molecule has 1 aliphatic heterocycles. The molecule has 0 radical (unpaired) electrons. The Morgan fingerprint density at radius 1 is 1.23 bits per heavy atom. The number of carbonyl (C=O) groups is 1. The lowest BCUT2D eigenvalue weighted by Gasteiger charge is -2.34. The second-order valence-corrected chi connectivity index (χ2v) is 6.05. The van der Waals surface area contributed by atoms with E-state index in [1.54, 1.807) is 0 Å². The Labute approximate surface area is 133 Å². The Bertz CT molecular complexity index is 447. The summed E-state index contributed by atoms with van der Waals surface area (Å²) in [7, 11) is 0. The standard InChI is InChI=1S/C18H27NO3/c1-15(2)21-12-13-22-18(20)17-10-6-7-11-19(17)14-16-8-4-3-5-9-16/h3-5,8-9,15,17H,6-7,10-14H2,1-2H3. The molecule has 4 nitrogen and oxygen atoms in total. The third-order valence-electron chi connectivity index (χ3n) is 3.89. The van der Waals surface area contributed by atoms with E-state index in [0.29, 0.717) is 13.2 Å². The van der Waals surface area contributed by atoms with E-state index in [2.05, 4.69) is 17.0 Å². The van der Waals surface area contributed by atoms with Gasteiger partial charge in [-0.2, -0.15) is 0 Å². The number of hydrogen-bond acceptors (Lipinski definition) is 4. The van der Waals surface area contributed by atoms with Gasteiger partial charge in [0.1, 0.15) is 12.6 Å². The lowest BCUT2D eigenvalue weighted by molar-refractivity contribution is -0.153. The van der Waals surface area contributed by atoms with Crippen molar-refractivity contribution in [2.45, 2.75) is 51.8 Å². The zero-order valence-electron chi connectivity index (χ0n) is 13.7. The Balaban J connectivity index is 1.84. The second kappa shape index (κ2) is 8.91. The van der Waals surface area contributed by atoms with Gasteiger partial charge in [-0.05, 0) is 38.8 Å². The van der Waals surface area contributed by atoms with E-state index in [-0.39, 0.29) is 18.1 Å². The summed E-state index contributed by atoms with van der Waals surface area (Å²) in [5.41, 5.74) is 1.24. The molecule has 1 saturated heterocycles. The van der Waals surface area contributed by atoms with E-state index < -0.39 is 0 Å². The Morgan fingerprint density at radius 3 is 2.73 bits per heavy atom. The molecule has 1 heterocycles. The number of esters is 1. The van der Waals surface area contributed by atoms with Gasteiger partial charge in [-0.15, -0.1) is 0 Å². The molecule has 1 unspecified atom stereocenters. The highest BCUT2D eigenvalue weighted by molar-refractivity contribution is 5.75. The van der Waals surface area contributed by atoms with Crippen molar-refractivity contribution in [3.05, 3.63) is 35.9 Å². The van der Waals surface area contributed by atoms with Crippen LogP contribution in [0.2, 0.25) is 0 Å². The van der Waals surface area contributed by atoms with Crippen molar-refractivity contribution in [3.8, 4) is 0 Å². The second-order valence-electron chi connectivity index (χ2n) is 6.05. The maximum atomic E-state index is 12.3. The molecular weight excluding hydrogens is 278 g/mol. The third kappa shape index (κ3) is 5.43. The van der Waals surface area contributed by atoms with Crippen LogP contribution in [0.25, 0.3) is 0 Å². The van der Waals surface area contributed by atoms with Gasteiger partial charge in [0.25, 0.3) is 0 Å². The summed E-state index contributed by atoms with van der Waals surface area (Å²) < 4.78 is 10.8. The molecule has 0 aliphatic carbocycles. The molecular formula is C18H27NO3. The molecule has 0 aromatic heterocycles. The number of likely N-dealkylation sites (tertiary alicyclic amines) is 1. The molecule has 2 rings (SSSR count). The first-order valence-electron chi connectivity index (χ1n) is 8.23. The maximum absolute atomic E-state index is 12.3. The van der Waals surface area contributed by atoms with Crippen LogP contribution in [0, 0.1) is 0 Å². The summed E-state index contributed by atoms with van der Waals surface area (Å²) in [4.78, 5) is 14.6. The molecule has 0 N–H and O–H groups in total. The normalized spacial score (nSPS) is 19.3.